The van der Waals surface area contributed by atoms with Crippen molar-refractivity contribution in [3.05, 3.63) is 64.7 Å². The fraction of sp³-hybridized carbons (Fsp3) is 0.278. The van der Waals surface area contributed by atoms with Crippen LogP contribution in [0, 0.1) is 17.2 Å². The van der Waals surface area contributed by atoms with Crippen molar-refractivity contribution in [3.8, 4) is 6.07 Å². The van der Waals surface area contributed by atoms with Gasteiger partial charge in [-0.2, -0.15) is 5.26 Å². The third-order valence-electron chi connectivity index (χ3n) is 3.93. The number of nitriles is 1. The number of benzene rings is 2. The number of hydrogen-bond acceptors (Lipinski definition) is 2. The highest BCUT2D eigenvalue weighted by Crippen LogP contribution is 2.44. The molecule has 0 fully saturated rings. The maximum Gasteiger partial charge on any atom is 0.100 e. The van der Waals surface area contributed by atoms with E-state index in [9.17, 15) is 5.26 Å². The van der Waals surface area contributed by atoms with E-state index in [-0.39, 0.29) is 0 Å². The van der Waals surface area contributed by atoms with E-state index in [0.29, 0.717) is 11.8 Å². The van der Waals surface area contributed by atoms with Crippen LogP contribution in [0.2, 0.25) is 0 Å². The Morgan fingerprint density at radius 2 is 1.85 bits per heavy atom. The molecule has 1 aliphatic heterocycles. The minimum atomic E-state index is 0.379. The van der Waals surface area contributed by atoms with E-state index < -0.39 is 0 Å². The van der Waals surface area contributed by atoms with E-state index in [1.54, 1.807) is 11.8 Å². The Labute approximate surface area is 124 Å². The fourth-order valence-corrected chi connectivity index (χ4v) is 4.25. The van der Waals surface area contributed by atoms with Crippen LogP contribution in [0.3, 0.4) is 0 Å². The molecule has 0 saturated heterocycles. The topological polar surface area (TPSA) is 23.8 Å². The first-order chi connectivity index (χ1) is 9.72. The third-order valence-corrected chi connectivity index (χ3v) is 5.13. The zero-order valence-electron chi connectivity index (χ0n) is 11.8. The van der Waals surface area contributed by atoms with Gasteiger partial charge in [-0.25, -0.2) is 0 Å². The van der Waals surface area contributed by atoms with Gasteiger partial charge in [0.1, 0.15) is 6.07 Å². The predicted octanol–water partition coefficient (Wildman–Crippen LogP) is 4.95. The molecule has 0 spiro atoms. The van der Waals surface area contributed by atoms with Gasteiger partial charge in [0, 0.05) is 16.6 Å². The summed E-state index contributed by atoms with van der Waals surface area (Å²) in [4.78, 5) is 1.17. The average molecular weight is 279 g/mol. The number of nitrogens with zero attached hydrogens (tertiary/aromatic N) is 1. The molecule has 1 heterocycles. The lowest BCUT2D eigenvalue weighted by Gasteiger charge is -2.23. The number of thioether (sulfide) groups is 1. The summed E-state index contributed by atoms with van der Waals surface area (Å²) in [5.74, 6) is 1.84. The maximum atomic E-state index is 9.36. The van der Waals surface area contributed by atoms with Gasteiger partial charge in [0.2, 0.25) is 0 Å². The maximum absolute atomic E-state index is 9.36. The summed E-state index contributed by atoms with van der Waals surface area (Å²) in [6.07, 6.45) is 0. The largest absolute Gasteiger partial charge is 0.192 e. The van der Waals surface area contributed by atoms with Gasteiger partial charge in [-0.1, -0.05) is 50.2 Å². The van der Waals surface area contributed by atoms with Crippen LogP contribution in [0.5, 0.6) is 0 Å². The molecule has 1 atom stereocenters. The van der Waals surface area contributed by atoms with Gasteiger partial charge < -0.3 is 0 Å². The Hall–Kier alpha value is -1.72. The third kappa shape index (κ3) is 2.13. The van der Waals surface area contributed by atoms with Crippen LogP contribution in [-0.4, -0.2) is 0 Å². The highest BCUT2D eigenvalue weighted by Gasteiger charge is 2.27. The lowest BCUT2D eigenvalue weighted by molar-refractivity contribution is 0.556. The summed E-state index contributed by atoms with van der Waals surface area (Å²) in [5.41, 5.74) is 4.94. The highest BCUT2D eigenvalue weighted by molar-refractivity contribution is 7.98. The van der Waals surface area contributed by atoms with Crippen LogP contribution in [0.25, 0.3) is 0 Å². The molecular weight excluding hydrogens is 262 g/mol. The number of hydrogen-bond donors (Lipinski definition) is 0. The molecule has 0 N–H and O–H groups in total. The van der Waals surface area contributed by atoms with Crippen LogP contribution in [0.15, 0.2) is 47.4 Å². The SMILES string of the molecule is CC(C)C1c2ccccc2CSc2c(C#N)cccc21. The minimum absolute atomic E-state index is 0.379. The van der Waals surface area contributed by atoms with Crippen LogP contribution in [0.4, 0.5) is 0 Å². The Balaban J connectivity index is 2.26. The zero-order valence-corrected chi connectivity index (χ0v) is 12.6. The quantitative estimate of drug-likeness (QED) is 0.737. The summed E-state index contributed by atoms with van der Waals surface area (Å²) >= 11 is 1.80. The van der Waals surface area contributed by atoms with Gasteiger partial charge in [0.05, 0.1) is 5.56 Å². The molecule has 1 nitrogen and oxygen atoms in total. The molecule has 0 radical (unpaired) electrons. The molecule has 0 aliphatic carbocycles. The van der Waals surface area contributed by atoms with Gasteiger partial charge >= 0.3 is 0 Å². The van der Waals surface area contributed by atoms with Gasteiger partial charge in [0.15, 0.2) is 0 Å². The van der Waals surface area contributed by atoms with Crippen molar-refractivity contribution < 1.29 is 0 Å². The molecule has 0 amide bonds. The van der Waals surface area contributed by atoms with Gasteiger partial charge in [0.25, 0.3) is 0 Å². The Bertz CT molecular complexity index is 682. The van der Waals surface area contributed by atoms with Crippen LogP contribution in [0.1, 0.15) is 42.0 Å². The van der Waals surface area contributed by atoms with Crippen molar-refractivity contribution in [1.29, 1.82) is 5.26 Å². The monoisotopic (exact) mass is 279 g/mol. The molecule has 2 aromatic rings. The summed E-state index contributed by atoms with van der Waals surface area (Å²) in [6, 6.07) is 17.2. The zero-order chi connectivity index (χ0) is 14.1. The predicted molar refractivity (Wildman–Crippen MR) is 83.8 cm³/mol. The molecule has 3 rings (SSSR count). The second-order valence-electron chi connectivity index (χ2n) is 5.54. The van der Waals surface area contributed by atoms with Crippen molar-refractivity contribution in [2.24, 2.45) is 5.92 Å². The van der Waals surface area contributed by atoms with Gasteiger partial charge in [-0.3, -0.25) is 0 Å². The first kappa shape index (κ1) is 13.3. The Kier molecular flexibility index (Phi) is 3.54. The lowest BCUT2D eigenvalue weighted by Crippen LogP contribution is -2.10. The number of fused-ring (bicyclic) bond motifs is 2. The lowest BCUT2D eigenvalue weighted by atomic mass is 9.80. The van der Waals surface area contributed by atoms with Crippen molar-refractivity contribution in [2.45, 2.75) is 30.4 Å². The van der Waals surface area contributed by atoms with Gasteiger partial charge in [-0.15, -0.1) is 11.8 Å². The highest BCUT2D eigenvalue weighted by atomic mass is 32.2. The van der Waals surface area contributed by atoms with Crippen molar-refractivity contribution in [3.63, 3.8) is 0 Å². The van der Waals surface area contributed by atoms with Crippen molar-refractivity contribution in [2.75, 3.05) is 0 Å². The van der Waals surface area contributed by atoms with Gasteiger partial charge in [-0.05, 0) is 28.7 Å². The Morgan fingerprint density at radius 1 is 1.10 bits per heavy atom. The van der Waals surface area contributed by atoms with Crippen LogP contribution >= 0.6 is 11.8 Å². The smallest absolute Gasteiger partial charge is 0.100 e. The van der Waals surface area contributed by atoms with Crippen molar-refractivity contribution >= 4 is 11.8 Å². The van der Waals surface area contributed by atoms with Crippen molar-refractivity contribution in [1.82, 2.24) is 0 Å². The molecule has 1 aliphatic rings. The van der Waals surface area contributed by atoms with E-state index in [4.69, 9.17) is 0 Å². The molecule has 2 heteroatoms. The molecule has 0 aromatic heterocycles. The summed E-state index contributed by atoms with van der Waals surface area (Å²) in [6.45, 7) is 4.53. The minimum Gasteiger partial charge on any atom is -0.192 e. The molecule has 0 saturated carbocycles. The molecule has 100 valence electrons. The molecule has 0 bridgehead atoms. The molecule has 20 heavy (non-hydrogen) atoms. The summed E-state index contributed by atoms with van der Waals surface area (Å²) < 4.78 is 0. The van der Waals surface area contributed by atoms with Crippen LogP contribution in [-0.2, 0) is 5.75 Å². The second kappa shape index (κ2) is 5.34. The normalized spacial score (nSPS) is 17.0. The average Bonchev–Trinajstić information content (AvgIpc) is 2.63. The van der Waals surface area contributed by atoms with E-state index in [1.165, 1.54) is 21.6 Å². The van der Waals surface area contributed by atoms with E-state index in [0.717, 1.165) is 11.3 Å². The standard InChI is InChI=1S/C18H17NS/c1-12(2)17-15-8-4-3-6-14(15)11-20-18-13(10-19)7-5-9-16(17)18/h3-9,12,17H,11H2,1-2H3. The first-order valence-corrected chi connectivity index (χ1v) is 7.94. The fourth-order valence-electron chi connectivity index (χ4n) is 3.05. The van der Waals surface area contributed by atoms with E-state index >= 15 is 0 Å². The Morgan fingerprint density at radius 3 is 2.60 bits per heavy atom. The first-order valence-electron chi connectivity index (χ1n) is 6.96. The second-order valence-corrected chi connectivity index (χ2v) is 6.53. The molecule has 1 unspecified atom stereocenters. The summed E-state index contributed by atoms with van der Waals surface area (Å²) in [7, 11) is 0. The van der Waals surface area contributed by atoms with E-state index in [2.05, 4.69) is 50.2 Å². The van der Waals surface area contributed by atoms with Crippen LogP contribution < -0.4 is 0 Å². The molecular formula is C18H17NS. The summed E-state index contributed by atoms with van der Waals surface area (Å²) in [5, 5.41) is 9.36. The van der Waals surface area contributed by atoms with E-state index in [1.807, 2.05) is 12.1 Å². The molecule has 2 aromatic carbocycles. The number of rotatable bonds is 1.